The number of hydrogen-bond acceptors (Lipinski definition) is 2. The molecule has 0 saturated carbocycles. The highest BCUT2D eigenvalue weighted by Crippen LogP contribution is 2.31. The monoisotopic (exact) mass is 242 g/mol. The molecule has 0 fully saturated rings. The topological polar surface area (TPSA) is 45.8 Å². The maximum atomic E-state index is 12.0. The van der Waals surface area contributed by atoms with Crippen molar-refractivity contribution in [3.8, 4) is 0 Å². The molecule has 3 nitrogen and oxygen atoms in total. The lowest BCUT2D eigenvalue weighted by atomic mass is 10.3. The second kappa shape index (κ2) is 2.89. The Bertz CT molecular complexity index is 345. The van der Waals surface area contributed by atoms with Crippen LogP contribution in [0.4, 0.5) is 13.2 Å². The summed E-state index contributed by atoms with van der Waals surface area (Å²) in [7, 11) is 0. The van der Waals surface area contributed by atoms with Crippen molar-refractivity contribution in [3.63, 3.8) is 0 Å². The zero-order valence-electron chi connectivity index (χ0n) is 5.44. The van der Waals surface area contributed by atoms with Crippen LogP contribution in [0.5, 0.6) is 0 Å². The first-order chi connectivity index (χ1) is 5.41. The van der Waals surface area contributed by atoms with Crippen LogP contribution >= 0.6 is 15.9 Å². The Morgan fingerprint density at radius 2 is 2.08 bits per heavy atom. The molecule has 12 heavy (non-hydrogen) atoms. The molecule has 1 aromatic rings. The summed E-state index contributed by atoms with van der Waals surface area (Å²) in [6, 6.07) is 0.442. The van der Waals surface area contributed by atoms with E-state index in [9.17, 15) is 18.0 Å². The molecule has 0 aromatic carbocycles. The minimum Gasteiger partial charge on any atom is -0.268 e. The molecule has 0 aliphatic rings. The number of nitrogens with zero attached hydrogens (tertiary/aromatic N) is 1. The van der Waals surface area contributed by atoms with Gasteiger partial charge in [-0.15, -0.1) is 0 Å². The molecule has 0 aliphatic carbocycles. The Kier molecular flexibility index (Phi) is 2.22. The van der Waals surface area contributed by atoms with Gasteiger partial charge in [0.2, 0.25) is 0 Å². The smallest absolute Gasteiger partial charge is 0.268 e. The van der Waals surface area contributed by atoms with Gasteiger partial charge in [0.1, 0.15) is 4.60 Å². The molecule has 1 rings (SSSR count). The maximum absolute atomic E-state index is 12.0. The van der Waals surface area contributed by atoms with Crippen molar-refractivity contribution in [2.24, 2.45) is 0 Å². The van der Waals surface area contributed by atoms with Gasteiger partial charge in [-0.3, -0.25) is 4.79 Å². The van der Waals surface area contributed by atoms with E-state index in [0.29, 0.717) is 6.07 Å². The van der Waals surface area contributed by atoms with E-state index >= 15 is 0 Å². The van der Waals surface area contributed by atoms with Crippen LogP contribution in [-0.2, 0) is 6.18 Å². The normalized spacial score (nSPS) is 11.7. The Morgan fingerprint density at radius 1 is 1.50 bits per heavy atom. The van der Waals surface area contributed by atoms with E-state index in [2.05, 4.69) is 21.0 Å². The van der Waals surface area contributed by atoms with Gasteiger partial charge in [0.15, 0.2) is 0 Å². The summed E-state index contributed by atoms with van der Waals surface area (Å²) in [4.78, 5) is 10.5. The molecule has 0 unspecified atom stereocenters. The van der Waals surface area contributed by atoms with Crippen molar-refractivity contribution in [2.45, 2.75) is 6.18 Å². The first kappa shape index (κ1) is 9.24. The summed E-state index contributed by atoms with van der Waals surface area (Å²) >= 11 is 2.56. The van der Waals surface area contributed by atoms with Crippen molar-refractivity contribution >= 4 is 15.9 Å². The molecule has 0 amide bonds. The molecule has 1 N–H and O–H groups in total. The summed E-state index contributed by atoms with van der Waals surface area (Å²) in [5.74, 6) is 0. The van der Waals surface area contributed by atoms with Crippen molar-refractivity contribution in [1.29, 1.82) is 0 Å². The predicted octanol–water partition coefficient (Wildman–Crippen LogP) is 1.55. The zero-order valence-corrected chi connectivity index (χ0v) is 7.03. The average Bonchev–Trinajstić information content (AvgIpc) is 1.92. The van der Waals surface area contributed by atoms with Gasteiger partial charge in [-0.1, -0.05) is 0 Å². The van der Waals surface area contributed by atoms with Crippen LogP contribution in [0.1, 0.15) is 5.56 Å². The number of aromatic amines is 1. The van der Waals surface area contributed by atoms with E-state index in [4.69, 9.17) is 0 Å². The van der Waals surface area contributed by atoms with E-state index in [0.717, 1.165) is 0 Å². The summed E-state index contributed by atoms with van der Waals surface area (Å²) in [5, 5.41) is 4.96. The fourth-order valence-corrected chi connectivity index (χ4v) is 1.01. The lowest BCUT2D eigenvalue weighted by Gasteiger charge is -2.05. The van der Waals surface area contributed by atoms with E-state index in [1.165, 1.54) is 0 Å². The van der Waals surface area contributed by atoms with E-state index in [1.807, 2.05) is 5.10 Å². The van der Waals surface area contributed by atoms with Crippen LogP contribution in [0.3, 0.4) is 0 Å². The molecule has 0 saturated heterocycles. The van der Waals surface area contributed by atoms with E-state index in [1.54, 1.807) is 0 Å². The number of hydrogen-bond donors (Lipinski definition) is 1. The van der Waals surface area contributed by atoms with Crippen LogP contribution in [-0.4, -0.2) is 10.2 Å². The second-order valence-electron chi connectivity index (χ2n) is 1.93. The zero-order chi connectivity index (χ0) is 9.35. The van der Waals surface area contributed by atoms with Gasteiger partial charge in [-0.25, -0.2) is 5.10 Å². The average molecular weight is 243 g/mol. The van der Waals surface area contributed by atoms with Crippen LogP contribution in [0, 0.1) is 0 Å². The van der Waals surface area contributed by atoms with E-state index in [-0.39, 0.29) is 0 Å². The van der Waals surface area contributed by atoms with Crippen molar-refractivity contribution in [3.05, 3.63) is 26.6 Å². The minimum absolute atomic E-state index is 0.422. The van der Waals surface area contributed by atoms with Crippen molar-refractivity contribution < 1.29 is 13.2 Å². The maximum Gasteiger partial charge on any atom is 0.419 e. The first-order valence-electron chi connectivity index (χ1n) is 2.73. The van der Waals surface area contributed by atoms with Crippen molar-refractivity contribution in [1.82, 2.24) is 10.2 Å². The standard InChI is InChI=1S/C5H2BrF3N2O/c6-4-2(5(7,8)9)1-3(12)10-11-4/h1H,(H,10,12). The van der Waals surface area contributed by atoms with Gasteiger partial charge in [0.05, 0.1) is 5.56 Å². The Balaban J connectivity index is 3.33. The summed E-state index contributed by atoms with van der Waals surface area (Å²) in [6.45, 7) is 0. The van der Waals surface area contributed by atoms with Crippen molar-refractivity contribution in [2.75, 3.05) is 0 Å². The Morgan fingerprint density at radius 3 is 2.50 bits per heavy atom. The van der Waals surface area contributed by atoms with E-state index < -0.39 is 21.9 Å². The highest BCUT2D eigenvalue weighted by Gasteiger charge is 2.34. The van der Waals surface area contributed by atoms with Gasteiger partial charge in [0, 0.05) is 6.07 Å². The Labute approximate surface area is 72.7 Å². The summed E-state index contributed by atoms with van der Waals surface area (Å²) in [6.07, 6.45) is -4.56. The molecule has 0 spiro atoms. The van der Waals surface area contributed by atoms with Crippen LogP contribution < -0.4 is 5.56 Å². The number of H-pyrrole nitrogens is 1. The highest BCUT2D eigenvalue weighted by atomic mass is 79.9. The molecule has 1 aromatic heterocycles. The molecular weight excluding hydrogens is 241 g/mol. The lowest BCUT2D eigenvalue weighted by molar-refractivity contribution is -0.138. The van der Waals surface area contributed by atoms with Crippen LogP contribution in [0.25, 0.3) is 0 Å². The molecule has 1 heterocycles. The fraction of sp³-hybridized carbons (Fsp3) is 0.200. The second-order valence-corrected chi connectivity index (χ2v) is 2.69. The van der Waals surface area contributed by atoms with Gasteiger partial charge in [-0.2, -0.15) is 18.3 Å². The largest absolute Gasteiger partial charge is 0.419 e. The number of alkyl halides is 3. The predicted molar refractivity (Wildman–Crippen MR) is 37.6 cm³/mol. The third-order valence-corrected chi connectivity index (χ3v) is 1.67. The quantitative estimate of drug-likeness (QED) is 0.751. The van der Waals surface area contributed by atoms with Crippen LogP contribution in [0.15, 0.2) is 15.5 Å². The molecule has 7 heteroatoms. The minimum atomic E-state index is -4.56. The van der Waals surface area contributed by atoms with Crippen LogP contribution in [0.2, 0.25) is 0 Å². The lowest BCUT2D eigenvalue weighted by Crippen LogP contribution is -2.15. The number of rotatable bonds is 0. The Hall–Kier alpha value is -0.850. The first-order valence-corrected chi connectivity index (χ1v) is 3.53. The van der Waals surface area contributed by atoms with Gasteiger partial charge < -0.3 is 0 Å². The number of halogens is 4. The highest BCUT2D eigenvalue weighted by molar-refractivity contribution is 9.10. The molecule has 0 atom stereocenters. The molecule has 66 valence electrons. The summed E-state index contributed by atoms with van der Waals surface area (Å²) in [5.41, 5.74) is -1.96. The van der Waals surface area contributed by atoms with Gasteiger partial charge in [0.25, 0.3) is 5.56 Å². The van der Waals surface area contributed by atoms with Gasteiger partial charge in [-0.05, 0) is 15.9 Å². The molecule has 0 bridgehead atoms. The molecule has 0 aliphatic heterocycles. The fourth-order valence-electron chi connectivity index (χ4n) is 0.586. The number of aromatic nitrogens is 2. The van der Waals surface area contributed by atoms with Gasteiger partial charge >= 0.3 is 6.18 Å². The third-order valence-electron chi connectivity index (χ3n) is 1.07. The summed E-state index contributed by atoms with van der Waals surface area (Å²) < 4.78 is 35.6. The molecule has 0 radical (unpaired) electrons. The number of nitrogens with one attached hydrogen (secondary N) is 1. The third kappa shape index (κ3) is 1.84. The molecular formula is C5H2BrF3N2O. The SMILES string of the molecule is O=c1cc(C(F)(F)F)c(Br)n[nH]1.